The van der Waals surface area contributed by atoms with Crippen LogP contribution in [-0.2, 0) is 0 Å². The second-order valence-electron chi connectivity index (χ2n) is 6.53. The summed E-state index contributed by atoms with van der Waals surface area (Å²) in [6.07, 6.45) is 24.5. The third-order valence-corrected chi connectivity index (χ3v) is 4.99. The zero-order valence-corrected chi connectivity index (χ0v) is 14.9. The molecule has 25 heavy (non-hydrogen) atoms. The molecule has 1 aromatic heterocycles. The van der Waals surface area contributed by atoms with Crippen molar-refractivity contribution in [2.75, 3.05) is 0 Å². The summed E-state index contributed by atoms with van der Waals surface area (Å²) < 4.78 is 0. The van der Waals surface area contributed by atoms with E-state index in [9.17, 15) is 0 Å². The number of hydrogen-bond acceptors (Lipinski definition) is 2. The van der Waals surface area contributed by atoms with Crippen molar-refractivity contribution in [2.24, 2.45) is 0 Å². The maximum atomic E-state index is 6.17. The molecule has 0 radical (unpaired) electrons. The van der Waals surface area contributed by atoms with Crippen LogP contribution in [0.15, 0.2) is 60.8 Å². The minimum atomic E-state index is 0.0709. The zero-order chi connectivity index (χ0) is 17.1. The van der Waals surface area contributed by atoms with E-state index in [0.717, 1.165) is 54.9 Å². The van der Waals surface area contributed by atoms with E-state index in [1.165, 1.54) is 11.1 Å². The number of aromatic nitrogens is 2. The van der Waals surface area contributed by atoms with Crippen molar-refractivity contribution in [3.8, 4) is 0 Å². The fourth-order valence-corrected chi connectivity index (χ4v) is 3.43. The number of allylic oxidation sites excluding steroid dienone is 12. The first-order chi connectivity index (χ1) is 12.3. The van der Waals surface area contributed by atoms with Gasteiger partial charge in [-0.05, 0) is 49.3 Å². The predicted molar refractivity (Wildman–Crippen MR) is 106 cm³/mol. The lowest BCUT2D eigenvalue weighted by molar-refractivity contribution is 0.996. The van der Waals surface area contributed by atoms with Gasteiger partial charge < -0.3 is 0 Å². The molecule has 0 saturated carbocycles. The highest BCUT2D eigenvalue weighted by molar-refractivity contribution is 6.22. The van der Waals surface area contributed by atoms with E-state index in [1.807, 2.05) is 12.2 Å². The molecule has 3 aliphatic carbocycles. The van der Waals surface area contributed by atoms with Gasteiger partial charge in [0, 0.05) is 5.57 Å². The molecule has 4 rings (SSSR count). The molecule has 1 aromatic rings. The number of nitrogens with zero attached hydrogens (tertiary/aromatic N) is 2. The highest BCUT2D eigenvalue weighted by Gasteiger charge is 2.15. The fraction of sp³-hybridized carbons (Fsp3) is 0.273. The third kappa shape index (κ3) is 3.74. The van der Waals surface area contributed by atoms with Crippen molar-refractivity contribution in [3.05, 3.63) is 78.0 Å². The van der Waals surface area contributed by atoms with Crippen LogP contribution in [0.5, 0.6) is 0 Å². The van der Waals surface area contributed by atoms with Gasteiger partial charge in [0.25, 0.3) is 0 Å². The Labute approximate surface area is 154 Å². The molecular formula is C22H21ClN2. The van der Waals surface area contributed by atoms with E-state index < -0.39 is 0 Å². The van der Waals surface area contributed by atoms with E-state index in [2.05, 4.69) is 48.6 Å². The second-order valence-corrected chi connectivity index (χ2v) is 7.09. The van der Waals surface area contributed by atoms with Crippen LogP contribution in [0.1, 0.15) is 49.3 Å². The largest absolute Gasteiger partial charge is 0.228 e. The van der Waals surface area contributed by atoms with Crippen LogP contribution in [0.3, 0.4) is 0 Å². The molecule has 1 atom stereocenters. The summed E-state index contributed by atoms with van der Waals surface area (Å²) >= 11 is 6.17. The van der Waals surface area contributed by atoms with Gasteiger partial charge in [0.1, 0.15) is 0 Å². The SMILES string of the molecule is ClC1C=CC(c2nc(C3=CCCC=C3)cc(C3=CC=CCC3)n2)=CC1. The summed E-state index contributed by atoms with van der Waals surface area (Å²) in [5.41, 5.74) is 5.58. The van der Waals surface area contributed by atoms with E-state index >= 15 is 0 Å². The average Bonchev–Trinajstić information content (AvgIpc) is 2.69. The first-order valence-electron chi connectivity index (χ1n) is 8.94. The molecule has 0 aliphatic heterocycles. The van der Waals surface area contributed by atoms with Crippen molar-refractivity contribution < 1.29 is 0 Å². The van der Waals surface area contributed by atoms with Crippen molar-refractivity contribution in [1.82, 2.24) is 9.97 Å². The van der Waals surface area contributed by atoms with E-state index in [1.54, 1.807) is 0 Å². The molecule has 0 aromatic carbocycles. The zero-order valence-electron chi connectivity index (χ0n) is 14.2. The van der Waals surface area contributed by atoms with E-state index in [4.69, 9.17) is 21.6 Å². The highest BCUT2D eigenvalue weighted by atomic mass is 35.5. The highest BCUT2D eigenvalue weighted by Crippen LogP contribution is 2.29. The van der Waals surface area contributed by atoms with E-state index in [0.29, 0.717) is 0 Å². The van der Waals surface area contributed by atoms with Crippen molar-refractivity contribution >= 4 is 28.3 Å². The Morgan fingerprint density at radius 2 is 1.84 bits per heavy atom. The molecule has 0 N–H and O–H groups in total. The van der Waals surface area contributed by atoms with Gasteiger partial charge in [-0.15, -0.1) is 11.6 Å². The van der Waals surface area contributed by atoms with Crippen LogP contribution in [0, 0.1) is 0 Å². The maximum absolute atomic E-state index is 6.17. The molecule has 2 nitrogen and oxygen atoms in total. The van der Waals surface area contributed by atoms with Gasteiger partial charge in [-0.1, -0.05) is 54.7 Å². The van der Waals surface area contributed by atoms with Crippen LogP contribution >= 0.6 is 11.6 Å². The molecule has 3 aliphatic rings. The summed E-state index contributed by atoms with van der Waals surface area (Å²) in [5, 5.41) is 0.0709. The topological polar surface area (TPSA) is 25.8 Å². The average molecular weight is 349 g/mol. The second kappa shape index (κ2) is 7.37. The molecule has 0 spiro atoms. The first-order valence-corrected chi connectivity index (χ1v) is 9.38. The molecule has 0 saturated heterocycles. The maximum Gasteiger partial charge on any atom is 0.160 e. The van der Waals surface area contributed by atoms with Crippen LogP contribution in [0.2, 0.25) is 0 Å². The third-order valence-electron chi connectivity index (χ3n) is 4.67. The van der Waals surface area contributed by atoms with Crippen LogP contribution in [0.4, 0.5) is 0 Å². The van der Waals surface area contributed by atoms with Gasteiger partial charge in [-0.3, -0.25) is 0 Å². The fourth-order valence-electron chi connectivity index (χ4n) is 3.27. The monoisotopic (exact) mass is 348 g/mol. The number of halogens is 1. The van der Waals surface area contributed by atoms with E-state index in [-0.39, 0.29) is 5.38 Å². The molecule has 0 bridgehead atoms. The molecule has 1 unspecified atom stereocenters. The number of hydrogen-bond donors (Lipinski definition) is 0. The number of rotatable bonds is 3. The van der Waals surface area contributed by atoms with Gasteiger partial charge in [0.15, 0.2) is 5.82 Å². The Morgan fingerprint density at radius 3 is 2.56 bits per heavy atom. The molecule has 1 heterocycles. The smallest absolute Gasteiger partial charge is 0.160 e. The Kier molecular flexibility index (Phi) is 4.80. The Morgan fingerprint density at radius 1 is 0.920 bits per heavy atom. The molecule has 0 fully saturated rings. The summed E-state index contributed by atoms with van der Waals surface area (Å²) in [6, 6.07) is 2.13. The lowest BCUT2D eigenvalue weighted by Gasteiger charge is -2.15. The first kappa shape index (κ1) is 16.3. The molecule has 3 heteroatoms. The number of alkyl halides is 1. The Balaban J connectivity index is 1.79. The van der Waals surface area contributed by atoms with Gasteiger partial charge in [0.05, 0.1) is 16.8 Å². The summed E-state index contributed by atoms with van der Waals surface area (Å²) in [4.78, 5) is 9.74. The normalized spacial score (nSPS) is 22.4. The lowest BCUT2D eigenvalue weighted by Crippen LogP contribution is -2.05. The van der Waals surface area contributed by atoms with Crippen LogP contribution in [0.25, 0.3) is 16.7 Å². The Hall–Kier alpha value is -2.19. The molecule has 126 valence electrons. The Bertz CT molecular complexity index is 853. The minimum absolute atomic E-state index is 0.0709. The minimum Gasteiger partial charge on any atom is -0.228 e. The van der Waals surface area contributed by atoms with Gasteiger partial charge in [-0.2, -0.15) is 0 Å². The van der Waals surface area contributed by atoms with Crippen molar-refractivity contribution in [1.29, 1.82) is 0 Å². The summed E-state index contributed by atoms with van der Waals surface area (Å²) in [7, 11) is 0. The van der Waals surface area contributed by atoms with Gasteiger partial charge >= 0.3 is 0 Å². The standard InChI is InChI=1S/C22H21ClN2/c23-19-13-11-18(12-14-19)22-24-20(16-7-3-1-4-8-16)15-21(25-22)17-9-5-2-6-10-17/h1,3,5,7,9-13,15,19H,2,4,6,8,14H2. The van der Waals surface area contributed by atoms with Gasteiger partial charge in [0.2, 0.25) is 0 Å². The van der Waals surface area contributed by atoms with Crippen LogP contribution < -0.4 is 0 Å². The predicted octanol–water partition coefficient (Wildman–Crippen LogP) is 5.89. The van der Waals surface area contributed by atoms with Crippen molar-refractivity contribution in [2.45, 2.75) is 37.5 Å². The molecular weight excluding hydrogens is 328 g/mol. The summed E-state index contributed by atoms with van der Waals surface area (Å²) in [6.45, 7) is 0. The van der Waals surface area contributed by atoms with Crippen LogP contribution in [-0.4, -0.2) is 15.3 Å². The summed E-state index contributed by atoms with van der Waals surface area (Å²) in [5.74, 6) is 0.794. The lowest BCUT2D eigenvalue weighted by atomic mass is 9.98. The van der Waals surface area contributed by atoms with Crippen molar-refractivity contribution in [3.63, 3.8) is 0 Å². The quantitative estimate of drug-likeness (QED) is 0.636. The molecule has 0 amide bonds. The van der Waals surface area contributed by atoms with Gasteiger partial charge in [-0.25, -0.2) is 9.97 Å².